The van der Waals surface area contributed by atoms with E-state index in [1.165, 1.54) is 6.26 Å². The third kappa shape index (κ3) is 2.88. The first-order valence-corrected chi connectivity index (χ1v) is 5.89. The highest BCUT2D eigenvalue weighted by Gasteiger charge is 2.14. The number of rotatable bonds is 5. The molecule has 0 saturated carbocycles. The van der Waals surface area contributed by atoms with Crippen LogP contribution in [0.1, 0.15) is 16.1 Å². The number of hydrogen-bond acceptors (Lipinski definition) is 4. The third-order valence-electron chi connectivity index (χ3n) is 2.80. The molecule has 0 aliphatic rings. The summed E-state index contributed by atoms with van der Waals surface area (Å²) in [5.41, 5.74) is 2.62. The highest BCUT2D eigenvalue weighted by molar-refractivity contribution is 5.86. The zero-order valence-electron chi connectivity index (χ0n) is 10.9. The van der Waals surface area contributed by atoms with Gasteiger partial charge >= 0.3 is 5.97 Å². The Morgan fingerprint density at radius 2 is 2.05 bits per heavy atom. The molecule has 19 heavy (non-hydrogen) atoms. The molecular formula is C14H16N2O3. The minimum atomic E-state index is -1.05. The molecule has 1 heterocycles. The van der Waals surface area contributed by atoms with Crippen molar-refractivity contribution in [2.75, 3.05) is 24.3 Å². The van der Waals surface area contributed by atoms with Gasteiger partial charge in [-0.05, 0) is 18.2 Å². The topological polar surface area (TPSA) is 65.7 Å². The van der Waals surface area contributed by atoms with Gasteiger partial charge in [0, 0.05) is 26.2 Å². The van der Waals surface area contributed by atoms with E-state index in [9.17, 15) is 4.79 Å². The fourth-order valence-corrected chi connectivity index (χ4v) is 1.87. The molecule has 0 atom stereocenters. The van der Waals surface area contributed by atoms with Crippen molar-refractivity contribution in [1.82, 2.24) is 0 Å². The summed E-state index contributed by atoms with van der Waals surface area (Å²) < 4.78 is 4.94. The maximum absolute atomic E-state index is 10.9. The van der Waals surface area contributed by atoms with Crippen molar-refractivity contribution in [3.8, 4) is 0 Å². The smallest absolute Gasteiger partial charge is 0.372 e. The Labute approximate surface area is 111 Å². The number of hydrogen-bond donors (Lipinski definition) is 2. The lowest BCUT2D eigenvalue weighted by Crippen LogP contribution is -2.12. The summed E-state index contributed by atoms with van der Waals surface area (Å²) in [7, 11) is 3.92. The Bertz CT molecular complexity index is 576. The van der Waals surface area contributed by atoms with E-state index in [2.05, 4.69) is 5.32 Å². The number of benzene rings is 1. The van der Waals surface area contributed by atoms with Gasteiger partial charge in [-0.1, -0.05) is 12.1 Å². The molecule has 1 aromatic heterocycles. The summed E-state index contributed by atoms with van der Waals surface area (Å²) in [6.07, 6.45) is 1.39. The molecule has 0 aliphatic carbocycles. The number of para-hydroxylation sites is 2. The third-order valence-corrected chi connectivity index (χ3v) is 2.80. The second-order valence-electron chi connectivity index (χ2n) is 4.35. The first-order valence-electron chi connectivity index (χ1n) is 5.89. The molecule has 0 radical (unpaired) electrons. The van der Waals surface area contributed by atoms with Gasteiger partial charge in [0.25, 0.3) is 0 Å². The van der Waals surface area contributed by atoms with Crippen LogP contribution in [0, 0.1) is 0 Å². The molecule has 2 N–H and O–H groups in total. The molecule has 2 rings (SSSR count). The minimum Gasteiger partial charge on any atom is -0.475 e. The van der Waals surface area contributed by atoms with Crippen LogP contribution < -0.4 is 10.2 Å². The Morgan fingerprint density at radius 3 is 2.74 bits per heavy atom. The van der Waals surface area contributed by atoms with E-state index in [1.54, 1.807) is 6.07 Å². The van der Waals surface area contributed by atoms with Crippen molar-refractivity contribution in [1.29, 1.82) is 0 Å². The van der Waals surface area contributed by atoms with Crippen LogP contribution in [0.4, 0.5) is 11.4 Å². The van der Waals surface area contributed by atoms with E-state index in [0.717, 1.165) is 11.4 Å². The predicted octanol–water partition coefficient (Wildman–Crippen LogP) is 2.66. The molecule has 0 fully saturated rings. The highest BCUT2D eigenvalue weighted by atomic mass is 16.4. The molecule has 2 aromatic rings. The van der Waals surface area contributed by atoms with Gasteiger partial charge in [-0.3, -0.25) is 0 Å². The van der Waals surface area contributed by atoms with Crippen LogP contribution in [0.3, 0.4) is 0 Å². The van der Waals surface area contributed by atoms with E-state index < -0.39 is 5.97 Å². The molecule has 0 spiro atoms. The summed E-state index contributed by atoms with van der Waals surface area (Å²) in [6.45, 7) is 0.406. The highest BCUT2D eigenvalue weighted by Crippen LogP contribution is 2.24. The SMILES string of the molecule is CN(C)c1ccccc1NCc1ccoc1C(=O)O. The number of carboxylic acid groups (broad SMARTS) is 1. The Balaban J connectivity index is 2.15. The molecular weight excluding hydrogens is 244 g/mol. The fraction of sp³-hybridized carbons (Fsp3) is 0.214. The molecule has 0 amide bonds. The number of carbonyl (C=O) groups is 1. The van der Waals surface area contributed by atoms with Crippen molar-refractivity contribution >= 4 is 17.3 Å². The number of nitrogens with one attached hydrogen (secondary N) is 1. The monoisotopic (exact) mass is 260 g/mol. The van der Waals surface area contributed by atoms with Gasteiger partial charge in [0.2, 0.25) is 5.76 Å². The minimum absolute atomic E-state index is 0.0187. The molecule has 0 saturated heterocycles. The van der Waals surface area contributed by atoms with Crippen LogP contribution in [-0.2, 0) is 6.54 Å². The first-order chi connectivity index (χ1) is 9.09. The number of aromatic carboxylic acids is 1. The van der Waals surface area contributed by atoms with Crippen molar-refractivity contribution in [3.63, 3.8) is 0 Å². The van der Waals surface area contributed by atoms with Crippen LogP contribution in [-0.4, -0.2) is 25.2 Å². The van der Waals surface area contributed by atoms with Crippen molar-refractivity contribution in [2.24, 2.45) is 0 Å². The zero-order valence-corrected chi connectivity index (χ0v) is 10.9. The fourth-order valence-electron chi connectivity index (χ4n) is 1.87. The van der Waals surface area contributed by atoms with Gasteiger partial charge in [-0.25, -0.2) is 4.79 Å². The number of carboxylic acids is 1. The van der Waals surface area contributed by atoms with Crippen molar-refractivity contribution < 1.29 is 14.3 Å². The summed E-state index contributed by atoms with van der Waals surface area (Å²) in [5.74, 6) is -1.07. The van der Waals surface area contributed by atoms with Crippen LogP contribution in [0.2, 0.25) is 0 Å². The molecule has 0 aliphatic heterocycles. The Kier molecular flexibility index (Phi) is 3.75. The largest absolute Gasteiger partial charge is 0.475 e. The normalized spacial score (nSPS) is 10.2. The van der Waals surface area contributed by atoms with Gasteiger partial charge in [-0.15, -0.1) is 0 Å². The second kappa shape index (κ2) is 5.48. The average molecular weight is 260 g/mol. The molecule has 0 bridgehead atoms. The van der Waals surface area contributed by atoms with E-state index in [4.69, 9.17) is 9.52 Å². The van der Waals surface area contributed by atoms with Crippen molar-refractivity contribution in [3.05, 3.63) is 47.9 Å². The molecule has 1 aromatic carbocycles. The quantitative estimate of drug-likeness (QED) is 0.865. The summed E-state index contributed by atoms with van der Waals surface area (Å²) in [6, 6.07) is 9.50. The van der Waals surface area contributed by atoms with E-state index in [-0.39, 0.29) is 5.76 Å². The number of anilines is 2. The summed E-state index contributed by atoms with van der Waals surface area (Å²) >= 11 is 0. The van der Waals surface area contributed by atoms with Crippen LogP contribution in [0.5, 0.6) is 0 Å². The number of nitrogens with zero attached hydrogens (tertiary/aromatic N) is 1. The van der Waals surface area contributed by atoms with Crippen molar-refractivity contribution in [2.45, 2.75) is 6.54 Å². The lowest BCUT2D eigenvalue weighted by Gasteiger charge is -2.18. The molecule has 5 nitrogen and oxygen atoms in total. The zero-order chi connectivity index (χ0) is 13.8. The van der Waals surface area contributed by atoms with Crippen LogP contribution in [0.15, 0.2) is 41.0 Å². The van der Waals surface area contributed by atoms with E-state index in [1.807, 2.05) is 43.3 Å². The summed E-state index contributed by atoms with van der Waals surface area (Å²) in [4.78, 5) is 12.9. The predicted molar refractivity (Wildman–Crippen MR) is 73.8 cm³/mol. The van der Waals surface area contributed by atoms with Gasteiger partial charge in [0.15, 0.2) is 0 Å². The Hall–Kier alpha value is -2.43. The lowest BCUT2D eigenvalue weighted by molar-refractivity contribution is 0.0661. The van der Waals surface area contributed by atoms with E-state index in [0.29, 0.717) is 12.1 Å². The van der Waals surface area contributed by atoms with Gasteiger partial charge in [0.05, 0.1) is 17.6 Å². The van der Waals surface area contributed by atoms with Crippen LogP contribution >= 0.6 is 0 Å². The van der Waals surface area contributed by atoms with Gasteiger partial charge < -0.3 is 19.7 Å². The standard InChI is InChI=1S/C14H16N2O3/c1-16(2)12-6-4-3-5-11(12)15-9-10-7-8-19-13(10)14(17)18/h3-8,15H,9H2,1-2H3,(H,17,18). The maximum atomic E-state index is 10.9. The first kappa shape index (κ1) is 13.0. The lowest BCUT2D eigenvalue weighted by atomic mass is 10.2. The van der Waals surface area contributed by atoms with Crippen LogP contribution in [0.25, 0.3) is 0 Å². The molecule has 0 unspecified atom stereocenters. The molecule has 5 heteroatoms. The average Bonchev–Trinajstić information content (AvgIpc) is 2.85. The van der Waals surface area contributed by atoms with Gasteiger partial charge in [0.1, 0.15) is 0 Å². The number of furan rings is 1. The Morgan fingerprint density at radius 1 is 1.32 bits per heavy atom. The van der Waals surface area contributed by atoms with E-state index >= 15 is 0 Å². The van der Waals surface area contributed by atoms with Gasteiger partial charge in [-0.2, -0.15) is 0 Å². The second-order valence-corrected chi connectivity index (χ2v) is 4.35. The maximum Gasteiger partial charge on any atom is 0.372 e. The molecule has 100 valence electrons. The summed E-state index contributed by atoms with van der Waals surface area (Å²) in [5, 5.41) is 12.2.